The van der Waals surface area contributed by atoms with Crippen molar-refractivity contribution in [1.82, 2.24) is 10.2 Å². The van der Waals surface area contributed by atoms with Crippen molar-refractivity contribution in [2.24, 2.45) is 0 Å². The molecule has 0 saturated heterocycles. The van der Waals surface area contributed by atoms with Crippen LogP contribution in [0.2, 0.25) is 5.02 Å². The number of rotatable bonds is 7. The number of allylic oxidation sites excluding steroid dienone is 1. The molecule has 0 spiro atoms. The largest absolute Gasteiger partial charge is 0.486 e. The Morgan fingerprint density at radius 1 is 1.21 bits per heavy atom. The van der Waals surface area contributed by atoms with Crippen LogP contribution in [0.3, 0.4) is 0 Å². The van der Waals surface area contributed by atoms with Crippen molar-refractivity contribution in [3.63, 3.8) is 0 Å². The average molecular weight is 570 g/mol. The second-order valence-corrected chi connectivity index (χ2v) is 11.6. The van der Waals surface area contributed by atoms with E-state index in [1.54, 1.807) is 55.5 Å². The van der Waals surface area contributed by atoms with Gasteiger partial charge in [-0.2, -0.15) is 0 Å². The van der Waals surface area contributed by atoms with Crippen LogP contribution in [0.5, 0.6) is 5.75 Å². The highest BCUT2D eigenvalue weighted by molar-refractivity contribution is 7.92. The van der Waals surface area contributed by atoms with E-state index in [1.807, 2.05) is 13.0 Å². The van der Waals surface area contributed by atoms with E-state index in [4.69, 9.17) is 20.8 Å². The Kier molecular flexibility index (Phi) is 7.33. The molecule has 1 atom stereocenters. The molecule has 3 aromatic carbocycles. The number of anilines is 1. The molecule has 1 N–H and O–H groups in total. The lowest BCUT2D eigenvalue weighted by Crippen LogP contribution is -2.43. The van der Waals surface area contributed by atoms with Crippen LogP contribution in [0, 0.1) is 12.7 Å². The normalized spacial score (nSPS) is 15.6. The van der Waals surface area contributed by atoms with Gasteiger partial charge in [-0.1, -0.05) is 41.9 Å². The standard InChI is InChI=1S/C28H25ClFN3O5S/c1-17-5-3-6-21(13-17)39(35,36)33-16-20(10-12-26-31-32-28(34)38-26)37-25-11-9-19(15-24(25)33)14-18(2)27-22(29)7-4-8-23(27)30/h3-9,11,13-15,20H,10,12,16H2,1-2H3,(H,32,34)/b18-14+/t20-/m0/s1. The maximum absolute atomic E-state index is 14.5. The minimum Gasteiger partial charge on any atom is -0.486 e. The number of benzene rings is 3. The quantitative estimate of drug-likeness (QED) is 0.290. The first-order valence-corrected chi connectivity index (χ1v) is 14.0. The number of nitrogens with one attached hydrogen (secondary N) is 1. The summed E-state index contributed by atoms with van der Waals surface area (Å²) < 4.78 is 54.7. The lowest BCUT2D eigenvalue weighted by Gasteiger charge is -2.35. The fourth-order valence-corrected chi connectivity index (χ4v) is 6.46. The van der Waals surface area contributed by atoms with Gasteiger partial charge in [0.1, 0.15) is 17.7 Å². The van der Waals surface area contributed by atoms with Crippen LogP contribution in [0.15, 0.2) is 74.8 Å². The van der Waals surface area contributed by atoms with Gasteiger partial charge < -0.3 is 9.15 Å². The van der Waals surface area contributed by atoms with E-state index in [2.05, 4.69) is 10.2 Å². The van der Waals surface area contributed by atoms with Crippen molar-refractivity contribution >= 4 is 39.0 Å². The molecule has 0 aliphatic carbocycles. The van der Waals surface area contributed by atoms with Crippen molar-refractivity contribution in [3.8, 4) is 5.75 Å². The number of hydrogen-bond donors (Lipinski definition) is 1. The number of sulfonamides is 1. The van der Waals surface area contributed by atoms with Crippen LogP contribution in [0.25, 0.3) is 11.6 Å². The van der Waals surface area contributed by atoms with Gasteiger partial charge in [0.25, 0.3) is 10.0 Å². The van der Waals surface area contributed by atoms with E-state index >= 15 is 0 Å². The van der Waals surface area contributed by atoms with Gasteiger partial charge in [-0.25, -0.2) is 22.7 Å². The molecular formula is C28H25ClFN3O5S. The van der Waals surface area contributed by atoms with Crippen LogP contribution in [0.1, 0.15) is 35.9 Å². The Hall–Kier alpha value is -3.89. The highest BCUT2D eigenvalue weighted by Crippen LogP contribution is 2.39. The van der Waals surface area contributed by atoms with Crippen molar-refractivity contribution in [3.05, 3.63) is 105 Å². The number of aromatic amines is 1. The van der Waals surface area contributed by atoms with Gasteiger partial charge in [0.05, 0.1) is 22.2 Å². The topological polar surface area (TPSA) is 106 Å². The third-order valence-corrected chi connectivity index (χ3v) is 8.49. The molecule has 11 heteroatoms. The summed E-state index contributed by atoms with van der Waals surface area (Å²) in [5, 5.41) is 6.31. The lowest BCUT2D eigenvalue weighted by atomic mass is 10.0. The summed E-state index contributed by atoms with van der Waals surface area (Å²) in [5.74, 6) is -0.511. The van der Waals surface area contributed by atoms with Gasteiger partial charge >= 0.3 is 5.76 Å². The fourth-order valence-electron chi connectivity index (χ4n) is 4.55. The van der Waals surface area contributed by atoms with Crippen molar-refractivity contribution in [2.45, 2.75) is 37.7 Å². The van der Waals surface area contributed by atoms with Crippen LogP contribution in [-0.4, -0.2) is 31.3 Å². The molecule has 4 aromatic rings. The van der Waals surface area contributed by atoms with E-state index in [1.165, 1.54) is 16.4 Å². The molecule has 1 aromatic heterocycles. The number of aryl methyl sites for hydroxylation is 2. The Bertz CT molecular complexity index is 1710. The number of ether oxygens (including phenoxy) is 1. The second kappa shape index (κ2) is 10.7. The van der Waals surface area contributed by atoms with Crippen molar-refractivity contribution in [2.75, 3.05) is 10.8 Å². The first-order valence-electron chi connectivity index (χ1n) is 12.2. The zero-order chi connectivity index (χ0) is 27.7. The Morgan fingerprint density at radius 2 is 2.00 bits per heavy atom. The summed E-state index contributed by atoms with van der Waals surface area (Å²) >= 11 is 6.24. The molecule has 0 bridgehead atoms. The molecular weight excluding hydrogens is 545 g/mol. The first-order chi connectivity index (χ1) is 18.6. The molecule has 39 heavy (non-hydrogen) atoms. The maximum atomic E-state index is 14.5. The number of H-pyrrole nitrogens is 1. The van der Waals surface area contributed by atoms with E-state index in [0.717, 1.165) is 5.56 Å². The number of hydrogen-bond acceptors (Lipinski definition) is 6. The summed E-state index contributed by atoms with van der Waals surface area (Å²) in [7, 11) is -3.96. The number of fused-ring (bicyclic) bond motifs is 1. The van der Waals surface area contributed by atoms with Crippen LogP contribution >= 0.6 is 11.6 Å². The third-order valence-electron chi connectivity index (χ3n) is 6.40. The number of nitrogens with zero attached hydrogens (tertiary/aromatic N) is 2. The second-order valence-electron chi connectivity index (χ2n) is 9.29. The van der Waals surface area contributed by atoms with Crippen molar-refractivity contribution in [1.29, 1.82) is 0 Å². The molecule has 0 radical (unpaired) electrons. The van der Waals surface area contributed by atoms with Gasteiger partial charge in [0, 0.05) is 12.0 Å². The van der Waals surface area contributed by atoms with Crippen LogP contribution < -0.4 is 14.8 Å². The fraction of sp³-hybridized carbons (Fsp3) is 0.214. The molecule has 202 valence electrons. The van der Waals surface area contributed by atoms with Crippen LogP contribution in [-0.2, 0) is 16.4 Å². The highest BCUT2D eigenvalue weighted by Gasteiger charge is 2.35. The van der Waals surface area contributed by atoms with E-state index in [0.29, 0.717) is 29.0 Å². The zero-order valence-corrected chi connectivity index (χ0v) is 22.7. The maximum Gasteiger partial charge on any atom is 0.434 e. The van der Waals surface area contributed by atoms with Crippen molar-refractivity contribution < 1.29 is 22.0 Å². The predicted molar refractivity (Wildman–Crippen MR) is 147 cm³/mol. The molecule has 0 saturated carbocycles. The smallest absolute Gasteiger partial charge is 0.434 e. The Balaban J connectivity index is 1.53. The molecule has 5 rings (SSSR count). The summed E-state index contributed by atoms with van der Waals surface area (Å²) in [5.41, 5.74) is 2.68. The summed E-state index contributed by atoms with van der Waals surface area (Å²) in [6.07, 6.45) is 1.85. The Morgan fingerprint density at radius 3 is 2.72 bits per heavy atom. The van der Waals surface area contributed by atoms with Gasteiger partial charge in [0.15, 0.2) is 0 Å². The van der Waals surface area contributed by atoms with Gasteiger partial charge in [-0.3, -0.25) is 4.31 Å². The van der Waals surface area contributed by atoms with E-state index < -0.39 is 27.7 Å². The average Bonchev–Trinajstić information content (AvgIpc) is 3.32. The summed E-state index contributed by atoms with van der Waals surface area (Å²) in [4.78, 5) is 11.4. The monoisotopic (exact) mass is 569 g/mol. The Labute approximate surface area is 229 Å². The number of aromatic nitrogens is 2. The first kappa shape index (κ1) is 26.7. The molecule has 1 aliphatic rings. The molecule has 8 nitrogen and oxygen atoms in total. The predicted octanol–water partition coefficient (Wildman–Crippen LogP) is 5.61. The minimum atomic E-state index is -3.96. The van der Waals surface area contributed by atoms with Gasteiger partial charge in [0.2, 0.25) is 5.89 Å². The minimum absolute atomic E-state index is 0.0310. The summed E-state index contributed by atoms with van der Waals surface area (Å²) in [6, 6.07) is 16.3. The SMILES string of the molecule is C/C(=C\c1ccc2c(c1)N(S(=O)(=O)c1cccc(C)c1)C[C@H](CCc1n[nH]c(=O)o1)O2)c1c(F)cccc1Cl. The van der Waals surface area contributed by atoms with E-state index in [9.17, 15) is 17.6 Å². The van der Waals surface area contributed by atoms with E-state index in [-0.39, 0.29) is 34.3 Å². The molecule has 2 heterocycles. The zero-order valence-electron chi connectivity index (χ0n) is 21.1. The highest BCUT2D eigenvalue weighted by atomic mass is 35.5. The van der Waals surface area contributed by atoms with Crippen LogP contribution in [0.4, 0.5) is 10.1 Å². The third kappa shape index (κ3) is 5.62. The summed E-state index contributed by atoms with van der Waals surface area (Å²) in [6.45, 7) is 3.60. The van der Waals surface area contributed by atoms with Gasteiger partial charge in [-0.15, -0.1) is 5.10 Å². The molecule has 0 fully saturated rings. The molecule has 0 unspecified atom stereocenters. The molecule has 1 aliphatic heterocycles. The molecule has 0 amide bonds. The van der Waals surface area contributed by atoms with Gasteiger partial charge in [-0.05, 0) is 73.4 Å². The number of halogens is 2. The lowest BCUT2D eigenvalue weighted by molar-refractivity contribution is 0.186.